The first kappa shape index (κ1) is 11.3. The Morgan fingerprint density at radius 1 is 1.20 bits per heavy atom. The molecule has 2 N–H and O–H groups in total. The van der Waals surface area contributed by atoms with Crippen molar-refractivity contribution in [3.8, 4) is 0 Å². The van der Waals surface area contributed by atoms with Gasteiger partial charge in [0.2, 0.25) is 0 Å². The molecule has 2 aliphatic heterocycles. The minimum atomic E-state index is -0.635. The summed E-state index contributed by atoms with van der Waals surface area (Å²) in [6.45, 7) is 3.67. The van der Waals surface area contributed by atoms with Gasteiger partial charge in [-0.05, 0) is 20.3 Å². The van der Waals surface area contributed by atoms with Crippen LogP contribution in [0.4, 0.5) is 0 Å². The van der Waals surface area contributed by atoms with E-state index in [1.807, 2.05) is 13.8 Å². The average Bonchev–Trinajstić information content (AvgIpc) is 2.60. The second-order valence-corrected chi connectivity index (χ2v) is 4.50. The SMILES string of the molecule is CC1(C)O[C@H]2O[C@H](CO)[C@@H](CCO)[C@H]2O1. The molecule has 2 fully saturated rings. The van der Waals surface area contributed by atoms with E-state index in [9.17, 15) is 0 Å². The first-order valence-corrected chi connectivity index (χ1v) is 5.30. The maximum Gasteiger partial charge on any atom is 0.187 e. The molecule has 0 radical (unpaired) electrons. The maximum absolute atomic E-state index is 9.13. The molecular formula is C10H18O5. The summed E-state index contributed by atoms with van der Waals surface area (Å²) in [4.78, 5) is 0. The second kappa shape index (κ2) is 3.99. The fourth-order valence-electron chi connectivity index (χ4n) is 2.31. The van der Waals surface area contributed by atoms with Gasteiger partial charge in [-0.3, -0.25) is 0 Å². The van der Waals surface area contributed by atoms with E-state index in [1.165, 1.54) is 0 Å². The third-order valence-electron chi connectivity index (χ3n) is 2.94. The number of aliphatic hydroxyl groups is 2. The Balaban J connectivity index is 2.07. The van der Waals surface area contributed by atoms with Crippen LogP contribution in [0.5, 0.6) is 0 Å². The summed E-state index contributed by atoms with van der Waals surface area (Å²) in [6.07, 6.45) is -0.313. The highest BCUT2D eigenvalue weighted by atomic mass is 16.8. The van der Waals surface area contributed by atoms with Crippen molar-refractivity contribution in [2.75, 3.05) is 13.2 Å². The van der Waals surface area contributed by atoms with Crippen LogP contribution in [0.2, 0.25) is 0 Å². The van der Waals surface area contributed by atoms with Crippen LogP contribution in [0.3, 0.4) is 0 Å². The number of hydrogen-bond donors (Lipinski definition) is 2. The molecule has 0 unspecified atom stereocenters. The summed E-state index contributed by atoms with van der Waals surface area (Å²) in [7, 11) is 0. The van der Waals surface area contributed by atoms with Crippen LogP contribution in [0.1, 0.15) is 20.3 Å². The molecule has 0 spiro atoms. The van der Waals surface area contributed by atoms with Crippen LogP contribution < -0.4 is 0 Å². The van der Waals surface area contributed by atoms with E-state index in [1.54, 1.807) is 0 Å². The molecule has 0 amide bonds. The predicted molar refractivity (Wildman–Crippen MR) is 51.0 cm³/mol. The van der Waals surface area contributed by atoms with Gasteiger partial charge in [0, 0.05) is 12.5 Å². The molecule has 15 heavy (non-hydrogen) atoms. The molecule has 2 saturated heterocycles. The van der Waals surface area contributed by atoms with Crippen molar-refractivity contribution < 1.29 is 24.4 Å². The van der Waals surface area contributed by atoms with Gasteiger partial charge in [-0.2, -0.15) is 0 Å². The second-order valence-electron chi connectivity index (χ2n) is 4.50. The van der Waals surface area contributed by atoms with Crippen molar-refractivity contribution in [3.63, 3.8) is 0 Å². The van der Waals surface area contributed by atoms with Gasteiger partial charge in [-0.1, -0.05) is 0 Å². The molecule has 0 aromatic rings. The lowest BCUT2D eigenvalue weighted by Gasteiger charge is -2.24. The van der Waals surface area contributed by atoms with Crippen LogP contribution >= 0.6 is 0 Å². The minimum absolute atomic E-state index is 0.00627. The van der Waals surface area contributed by atoms with Crippen molar-refractivity contribution in [2.24, 2.45) is 5.92 Å². The van der Waals surface area contributed by atoms with Gasteiger partial charge in [0.15, 0.2) is 12.1 Å². The van der Waals surface area contributed by atoms with Gasteiger partial charge >= 0.3 is 0 Å². The van der Waals surface area contributed by atoms with Gasteiger partial charge in [0.25, 0.3) is 0 Å². The zero-order chi connectivity index (χ0) is 11.1. The number of aliphatic hydroxyl groups excluding tert-OH is 2. The maximum atomic E-state index is 9.13. The summed E-state index contributed by atoms with van der Waals surface area (Å²) in [5, 5.41) is 18.1. The normalized spacial score (nSPS) is 43.2. The van der Waals surface area contributed by atoms with Crippen LogP contribution in [0.25, 0.3) is 0 Å². The third-order valence-corrected chi connectivity index (χ3v) is 2.94. The highest BCUT2D eigenvalue weighted by Crippen LogP contribution is 2.41. The molecule has 0 aromatic heterocycles. The van der Waals surface area contributed by atoms with E-state index in [-0.39, 0.29) is 31.3 Å². The van der Waals surface area contributed by atoms with E-state index >= 15 is 0 Å². The number of rotatable bonds is 3. The van der Waals surface area contributed by atoms with Gasteiger partial charge in [0.1, 0.15) is 6.10 Å². The fourth-order valence-corrected chi connectivity index (χ4v) is 2.31. The topological polar surface area (TPSA) is 68.2 Å². The Labute approximate surface area is 88.9 Å². The van der Waals surface area contributed by atoms with Crippen molar-refractivity contribution in [3.05, 3.63) is 0 Å². The molecule has 2 heterocycles. The molecule has 4 atom stereocenters. The standard InChI is InChI=1S/C10H18O5/c1-10(2)14-8-6(3-4-11)7(5-12)13-9(8)15-10/h6-9,11-12H,3-5H2,1-2H3/t6-,7-,8-,9-/m1/s1. The van der Waals surface area contributed by atoms with E-state index in [2.05, 4.69) is 0 Å². The van der Waals surface area contributed by atoms with E-state index in [4.69, 9.17) is 24.4 Å². The van der Waals surface area contributed by atoms with Crippen molar-refractivity contribution in [1.29, 1.82) is 0 Å². The largest absolute Gasteiger partial charge is 0.396 e. The Morgan fingerprint density at radius 2 is 1.93 bits per heavy atom. The molecule has 5 heteroatoms. The average molecular weight is 218 g/mol. The molecule has 88 valence electrons. The molecular weight excluding hydrogens is 200 g/mol. The summed E-state index contributed by atoms with van der Waals surface area (Å²) in [6, 6.07) is 0. The number of hydrogen-bond acceptors (Lipinski definition) is 5. The minimum Gasteiger partial charge on any atom is -0.396 e. The van der Waals surface area contributed by atoms with Crippen molar-refractivity contribution >= 4 is 0 Å². The van der Waals surface area contributed by atoms with Crippen LogP contribution in [0, 0.1) is 5.92 Å². The zero-order valence-corrected chi connectivity index (χ0v) is 9.05. The van der Waals surface area contributed by atoms with Gasteiger partial charge < -0.3 is 24.4 Å². The Hall–Kier alpha value is -0.200. The highest BCUT2D eigenvalue weighted by Gasteiger charge is 2.53. The monoisotopic (exact) mass is 218 g/mol. The van der Waals surface area contributed by atoms with Gasteiger partial charge in [-0.25, -0.2) is 0 Å². The quantitative estimate of drug-likeness (QED) is 0.689. The van der Waals surface area contributed by atoms with Crippen LogP contribution in [-0.4, -0.2) is 47.7 Å². The highest BCUT2D eigenvalue weighted by molar-refractivity contribution is 4.92. The van der Waals surface area contributed by atoms with E-state index in [0.717, 1.165) is 0 Å². The number of ether oxygens (including phenoxy) is 3. The lowest BCUT2D eigenvalue weighted by molar-refractivity contribution is -0.213. The zero-order valence-electron chi connectivity index (χ0n) is 9.05. The molecule has 2 rings (SSSR count). The number of fused-ring (bicyclic) bond motifs is 1. The summed E-state index contributed by atoms with van der Waals surface area (Å²) in [5.74, 6) is -0.629. The lowest BCUT2D eigenvalue weighted by Crippen LogP contribution is -2.32. The summed E-state index contributed by atoms with van der Waals surface area (Å²) < 4.78 is 16.8. The molecule has 0 bridgehead atoms. The van der Waals surface area contributed by atoms with Crippen molar-refractivity contribution in [1.82, 2.24) is 0 Å². The Kier molecular flexibility index (Phi) is 3.00. The smallest absolute Gasteiger partial charge is 0.187 e. The third kappa shape index (κ3) is 2.03. The molecule has 2 aliphatic rings. The summed E-state index contributed by atoms with van der Waals surface area (Å²) >= 11 is 0. The fraction of sp³-hybridized carbons (Fsp3) is 1.00. The van der Waals surface area contributed by atoms with E-state index < -0.39 is 12.1 Å². The van der Waals surface area contributed by atoms with Crippen LogP contribution in [-0.2, 0) is 14.2 Å². The summed E-state index contributed by atoms with van der Waals surface area (Å²) in [5.41, 5.74) is 0. The first-order chi connectivity index (χ1) is 7.07. The van der Waals surface area contributed by atoms with E-state index in [0.29, 0.717) is 6.42 Å². The van der Waals surface area contributed by atoms with Crippen LogP contribution in [0.15, 0.2) is 0 Å². The lowest BCUT2D eigenvalue weighted by atomic mass is 9.95. The molecule has 0 aromatic carbocycles. The van der Waals surface area contributed by atoms with Crippen molar-refractivity contribution in [2.45, 2.75) is 44.6 Å². The molecule has 0 saturated carbocycles. The first-order valence-electron chi connectivity index (χ1n) is 5.30. The molecule has 5 nitrogen and oxygen atoms in total. The van der Waals surface area contributed by atoms with Gasteiger partial charge in [-0.15, -0.1) is 0 Å². The van der Waals surface area contributed by atoms with Gasteiger partial charge in [0.05, 0.1) is 12.7 Å². The Bertz CT molecular complexity index is 230. The predicted octanol–water partition coefficient (Wildman–Crippen LogP) is -0.146. The molecule has 0 aliphatic carbocycles. The Morgan fingerprint density at radius 3 is 2.53 bits per heavy atom.